The summed E-state index contributed by atoms with van der Waals surface area (Å²) in [6.07, 6.45) is 36.3. The molecule has 0 aliphatic carbocycles. The zero-order valence-corrected chi connectivity index (χ0v) is 43.0. The lowest BCUT2D eigenvalue weighted by atomic mass is 9.97. The topological polar surface area (TPSA) is 228 Å². The van der Waals surface area contributed by atoms with Crippen LogP contribution in [0.3, 0.4) is 0 Å². The minimum atomic E-state index is -1.78. The minimum Gasteiger partial charge on any atom is -0.394 e. The van der Waals surface area contributed by atoms with Gasteiger partial charge in [0.2, 0.25) is 5.91 Å². The van der Waals surface area contributed by atoms with Crippen LogP contribution in [-0.2, 0) is 23.7 Å². The fourth-order valence-electron chi connectivity index (χ4n) is 8.53. The van der Waals surface area contributed by atoms with Crippen LogP contribution < -0.4 is 5.32 Å². The lowest BCUT2D eigenvalue weighted by molar-refractivity contribution is -0.359. The third kappa shape index (κ3) is 28.0. The van der Waals surface area contributed by atoms with E-state index in [1.807, 2.05) is 0 Å². The quantitative estimate of drug-likeness (QED) is 0.0209. The highest BCUT2D eigenvalue weighted by atomic mass is 16.7. The number of carbonyl (C=O) groups excluding carboxylic acids is 1. The van der Waals surface area contributed by atoms with E-state index < -0.39 is 86.8 Å². The molecule has 14 heteroatoms. The van der Waals surface area contributed by atoms with Gasteiger partial charge in [0, 0.05) is 6.42 Å². The molecule has 1 amide bonds. The Morgan fingerprint density at radius 2 is 0.986 bits per heavy atom. The van der Waals surface area contributed by atoms with E-state index in [9.17, 15) is 45.6 Å². The highest BCUT2D eigenvalue weighted by Gasteiger charge is 2.51. The Bertz CT molecular complexity index is 1450. The average Bonchev–Trinajstić information content (AvgIpc) is 3.36. The predicted octanol–water partition coefficient (Wildman–Crippen LogP) is 7.99. The Morgan fingerprint density at radius 3 is 1.51 bits per heavy atom. The van der Waals surface area contributed by atoms with Gasteiger partial charge < -0.3 is 65.1 Å². The van der Waals surface area contributed by atoms with Crippen LogP contribution in [0.15, 0.2) is 72.9 Å². The van der Waals surface area contributed by atoms with Crippen molar-refractivity contribution in [1.29, 1.82) is 0 Å². The van der Waals surface area contributed by atoms with Gasteiger partial charge in [0.15, 0.2) is 12.6 Å². The van der Waals surface area contributed by atoms with Crippen LogP contribution in [0, 0.1) is 0 Å². The first-order valence-electron chi connectivity index (χ1n) is 27.2. The van der Waals surface area contributed by atoms with Crippen LogP contribution in [0.4, 0.5) is 0 Å². The van der Waals surface area contributed by atoms with Crippen molar-refractivity contribution in [2.24, 2.45) is 0 Å². The number of ether oxygens (including phenoxy) is 4. The van der Waals surface area contributed by atoms with Crippen molar-refractivity contribution in [2.45, 2.75) is 254 Å². The Hall–Kier alpha value is -2.57. The van der Waals surface area contributed by atoms with Gasteiger partial charge in [-0.15, -0.1) is 0 Å². The molecule has 12 unspecified atom stereocenters. The molecule has 0 aromatic heterocycles. The molecule has 0 saturated carbocycles. The molecule has 70 heavy (non-hydrogen) atoms. The third-order valence-corrected chi connectivity index (χ3v) is 12.9. The van der Waals surface area contributed by atoms with E-state index in [2.05, 4.69) is 92.1 Å². The summed E-state index contributed by atoms with van der Waals surface area (Å²) in [5.41, 5.74) is 0. The van der Waals surface area contributed by atoms with E-state index in [0.29, 0.717) is 12.8 Å². The number of aliphatic hydroxyl groups is 8. The summed E-state index contributed by atoms with van der Waals surface area (Å²) >= 11 is 0. The smallest absolute Gasteiger partial charge is 0.220 e. The monoisotopic (exact) mass is 992 g/mol. The summed E-state index contributed by atoms with van der Waals surface area (Å²) < 4.78 is 22.7. The zero-order valence-electron chi connectivity index (χ0n) is 43.0. The first-order chi connectivity index (χ1) is 34.1. The summed E-state index contributed by atoms with van der Waals surface area (Å²) in [4.78, 5) is 13.2. The normalized spacial score (nSPS) is 26.5. The second-order valence-corrected chi connectivity index (χ2v) is 19.0. The molecule has 2 fully saturated rings. The number of rotatable bonds is 41. The SMILES string of the molecule is CC/C=C\C/C=C\C/C=C\C/C=C\C/C=C\C/C=C\CCCCCCCCCCC(=O)NC(COC1OC(CO)C(OC2OC(CO)C(O)C(O)C2O)C(O)C1O)C(O)CCCCCCCCCCC. The van der Waals surface area contributed by atoms with E-state index in [4.69, 9.17) is 18.9 Å². The number of nitrogens with one attached hydrogen (secondary N) is 1. The number of aliphatic hydroxyl groups excluding tert-OH is 8. The molecule has 0 radical (unpaired) electrons. The van der Waals surface area contributed by atoms with Gasteiger partial charge in [-0.1, -0.05) is 183 Å². The largest absolute Gasteiger partial charge is 0.394 e. The molecule has 0 aromatic rings. The van der Waals surface area contributed by atoms with Gasteiger partial charge in [-0.3, -0.25) is 4.79 Å². The molecule has 12 atom stereocenters. The van der Waals surface area contributed by atoms with Crippen molar-refractivity contribution in [3.63, 3.8) is 0 Å². The first-order valence-corrected chi connectivity index (χ1v) is 27.2. The van der Waals surface area contributed by atoms with Crippen molar-refractivity contribution < 1.29 is 64.6 Å². The Balaban J connectivity index is 1.71. The number of allylic oxidation sites excluding steroid dienone is 12. The molecule has 0 bridgehead atoms. The maximum atomic E-state index is 13.2. The molecule has 2 saturated heterocycles. The van der Waals surface area contributed by atoms with Crippen LogP contribution >= 0.6 is 0 Å². The number of hydrogen-bond acceptors (Lipinski definition) is 13. The van der Waals surface area contributed by atoms with Crippen molar-refractivity contribution >= 4 is 5.91 Å². The van der Waals surface area contributed by atoms with Crippen molar-refractivity contribution in [3.8, 4) is 0 Å². The standard InChI is InChI=1S/C56H97NO13/c1-3-5-7-9-11-13-14-15-16-17-18-19-20-21-22-23-24-25-26-27-28-29-30-32-34-36-38-40-48(61)57-44(45(60)39-37-35-33-31-12-10-8-6-4-2)43-67-55-53(66)51(64)54(47(42-59)69-55)70-56-52(65)50(63)49(62)46(41-58)68-56/h5,7,11,13,15-16,18-19,21-22,24-25,44-47,49-56,58-60,62-66H,3-4,6,8-10,12,14,17,20,23,26-43H2,1-2H3,(H,57,61)/b7-5-,13-11-,16-15-,19-18-,22-21-,25-24-. The summed E-state index contributed by atoms with van der Waals surface area (Å²) in [6.45, 7) is 2.69. The summed E-state index contributed by atoms with van der Waals surface area (Å²) in [5, 5.41) is 86.8. The molecule has 14 nitrogen and oxygen atoms in total. The van der Waals surface area contributed by atoms with Gasteiger partial charge >= 0.3 is 0 Å². The van der Waals surface area contributed by atoms with Gasteiger partial charge in [0.25, 0.3) is 0 Å². The molecule has 2 aliphatic rings. The summed E-state index contributed by atoms with van der Waals surface area (Å²) in [5.74, 6) is -0.222. The van der Waals surface area contributed by atoms with Crippen molar-refractivity contribution in [3.05, 3.63) is 72.9 Å². The Labute approximate surface area is 421 Å². The van der Waals surface area contributed by atoms with Crippen LogP contribution in [0.5, 0.6) is 0 Å². The van der Waals surface area contributed by atoms with Crippen LogP contribution in [-0.4, -0.2) is 140 Å². The van der Waals surface area contributed by atoms with Gasteiger partial charge in [0.1, 0.15) is 48.8 Å². The maximum Gasteiger partial charge on any atom is 0.220 e. The van der Waals surface area contributed by atoms with E-state index >= 15 is 0 Å². The molecule has 404 valence electrons. The average molecular weight is 992 g/mol. The molecule has 2 heterocycles. The van der Waals surface area contributed by atoms with E-state index in [-0.39, 0.29) is 18.9 Å². The van der Waals surface area contributed by atoms with Gasteiger partial charge in [-0.05, 0) is 64.2 Å². The van der Waals surface area contributed by atoms with Crippen LogP contribution in [0.25, 0.3) is 0 Å². The molecular weight excluding hydrogens is 895 g/mol. The second-order valence-electron chi connectivity index (χ2n) is 19.0. The first kappa shape index (κ1) is 63.5. The highest BCUT2D eigenvalue weighted by Crippen LogP contribution is 2.30. The van der Waals surface area contributed by atoms with Crippen LogP contribution in [0.1, 0.15) is 181 Å². The summed E-state index contributed by atoms with van der Waals surface area (Å²) in [7, 11) is 0. The Morgan fingerprint density at radius 1 is 0.529 bits per heavy atom. The molecule has 2 aliphatic heterocycles. The van der Waals surface area contributed by atoms with Gasteiger partial charge in [-0.2, -0.15) is 0 Å². The van der Waals surface area contributed by atoms with Crippen molar-refractivity contribution in [1.82, 2.24) is 5.32 Å². The van der Waals surface area contributed by atoms with Crippen LogP contribution in [0.2, 0.25) is 0 Å². The second kappa shape index (κ2) is 41.9. The Kier molecular flexibility index (Phi) is 38.0. The van der Waals surface area contributed by atoms with Gasteiger partial charge in [0.05, 0.1) is 32.0 Å². The van der Waals surface area contributed by atoms with E-state index in [0.717, 1.165) is 89.9 Å². The molecule has 2 rings (SSSR count). The molecule has 9 N–H and O–H groups in total. The zero-order chi connectivity index (χ0) is 51.0. The fourth-order valence-corrected chi connectivity index (χ4v) is 8.53. The molecule has 0 aromatic carbocycles. The lowest BCUT2D eigenvalue weighted by Crippen LogP contribution is -2.65. The van der Waals surface area contributed by atoms with Gasteiger partial charge in [-0.25, -0.2) is 0 Å². The fraction of sp³-hybridized carbons (Fsp3) is 0.768. The number of hydrogen-bond donors (Lipinski definition) is 9. The summed E-state index contributed by atoms with van der Waals surface area (Å²) in [6, 6.07) is -0.835. The number of amides is 1. The number of carbonyl (C=O) groups is 1. The lowest BCUT2D eigenvalue weighted by Gasteiger charge is -2.46. The maximum absolute atomic E-state index is 13.2. The minimum absolute atomic E-state index is 0.222. The van der Waals surface area contributed by atoms with Crippen molar-refractivity contribution in [2.75, 3.05) is 19.8 Å². The predicted molar refractivity (Wildman–Crippen MR) is 277 cm³/mol. The van der Waals surface area contributed by atoms with E-state index in [1.165, 1.54) is 57.8 Å². The molecule has 0 spiro atoms. The third-order valence-electron chi connectivity index (χ3n) is 12.9. The number of unbranched alkanes of at least 4 members (excludes halogenated alkanes) is 16. The van der Waals surface area contributed by atoms with E-state index in [1.54, 1.807) is 0 Å². The highest BCUT2D eigenvalue weighted by molar-refractivity contribution is 5.76. The molecular formula is C56H97NO13.